The van der Waals surface area contributed by atoms with Crippen molar-refractivity contribution in [1.82, 2.24) is 5.32 Å². The fraction of sp³-hybridized carbons (Fsp3) is 0.950. The van der Waals surface area contributed by atoms with Crippen molar-refractivity contribution < 1.29 is 23.1 Å². The van der Waals surface area contributed by atoms with Gasteiger partial charge in [-0.15, -0.1) is 0 Å². The molecule has 0 aliphatic rings. The molecule has 2 N–H and O–H groups in total. The highest BCUT2D eigenvalue weighted by Crippen LogP contribution is 2.13. The van der Waals surface area contributed by atoms with Crippen molar-refractivity contribution in [3.63, 3.8) is 0 Å². The van der Waals surface area contributed by atoms with E-state index in [0.29, 0.717) is 12.1 Å². The van der Waals surface area contributed by atoms with Gasteiger partial charge in [-0.3, -0.25) is 0 Å². The van der Waals surface area contributed by atoms with E-state index < -0.39 is 12.1 Å². The molecule has 0 rings (SSSR count). The molecule has 0 saturated heterocycles. The first kappa shape index (κ1) is 27.4. The summed E-state index contributed by atoms with van der Waals surface area (Å²) in [6, 6.07) is 1.40. The molecule has 3 nitrogen and oxygen atoms in total. The summed E-state index contributed by atoms with van der Waals surface area (Å²) in [5.41, 5.74) is 0. The lowest BCUT2D eigenvalue weighted by Gasteiger charge is -2.20. The van der Waals surface area contributed by atoms with E-state index in [1.807, 2.05) is 0 Å². The minimum atomic E-state index is -5.08. The number of aliphatic carboxylic acids is 1. The molecule has 0 fully saturated rings. The van der Waals surface area contributed by atoms with Crippen LogP contribution in [0, 0.1) is 0 Å². The zero-order valence-electron chi connectivity index (χ0n) is 17.1. The molecule has 0 aromatic rings. The van der Waals surface area contributed by atoms with E-state index in [1.54, 1.807) is 0 Å². The van der Waals surface area contributed by atoms with Gasteiger partial charge < -0.3 is 10.4 Å². The van der Waals surface area contributed by atoms with Crippen LogP contribution in [0.5, 0.6) is 0 Å². The second-order valence-electron chi connectivity index (χ2n) is 7.18. The van der Waals surface area contributed by atoms with Crippen LogP contribution >= 0.6 is 0 Å². The quantitative estimate of drug-likeness (QED) is 0.328. The van der Waals surface area contributed by atoms with Crippen LogP contribution in [0.4, 0.5) is 13.2 Å². The average molecular weight is 384 g/mol. The molecular formula is C20H40F3NO2. The van der Waals surface area contributed by atoms with Crippen molar-refractivity contribution in [2.24, 2.45) is 0 Å². The highest BCUT2D eigenvalue weighted by Gasteiger charge is 2.38. The Balaban J connectivity index is 0. The van der Waals surface area contributed by atoms with Crippen molar-refractivity contribution >= 4 is 5.97 Å². The second kappa shape index (κ2) is 17.6. The van der Waals surface area contributed by atoms with Gasteiger partial charge in [0, 0.05) is 12.1 Å². The van der Waals surface area contributed by atoms with Gasteiger partial charge >= 0.3 is 12.1 Å². The molecule has 0 bridgehead atoms. The first-order valence-corrected chi connectivity index (χ1v) is 10.2. The van der Waals surface area contributed by atoms with E-state index in [9.17, 15) is 13.2 Å². The smallest absolute Gasteiger partial charge is 0.475 e. The first-order chi connectivity index (χ1) is 12.1. The SMILES string of the molecule is CCCCCCCC(C)NC(C)CCCCCCC.O=C(O)C(F)(F)F. The van der Waals surface area contributed by atoms with E-state index in [1.165, 1.54) is 77.0 Å². The molecule has 0 spiro atoms. The number of hydrogen-bond acceptors (Lipinski definition) is 2. The van der Waals surface area contributed by atoms with Crippen molar-refractivity contribution in [2.75, 3.05) is 0 Å². The van der Waals surface area contributed by atoms with Crippen molar-refractivity contribution in [2.45, 2.75) is 123 Å². The van der Waals surface area contributed by atoms with Gasteiger partial charge in [-0.25, -0.2) is 4.79 Å². The molecule has 2 unspecified atom stereocenters. The number of hydrogen-bond donors (Lipinski definition) is 2. The number of halogens is 3. The van der Waals surface area contributed by atoms with Gasteiger partial charge in [-0.1, -0.05) is 78.1 Å². The van der Waals surface area contributed by atoms with Gasteiger partial charge in [0.15, 0.2) is 0 Å². The Morgan fingerprint density at radius 2 is 1.12 bits per heavy atom. The molecule has 0 heterocycles. The maximum Gasteiger partial charge on any atom is 0.490 e. The zero-order valence-corrected chi connectivity index (χ0v) is 17.1. The average Bonchev–Trinajstić information content (AvgIpc) is 2.54. The zero-order chi connectivity index (χ0) is 20.4. The van der Waals surface area contributed by atoms with Crippen LogP contribution in [0.1, 0.15) is 105 Å². The fourth-order valence-corrected chi connectivity index (χ4v) is 2.76. The third kappa shape index (κ3) is 21.3. The van der Waals surface area contributed by atoms with Crippen molar-refractivity contribution in [3.8, 4) is 0 Å². The summed E-state index contributed by atoms with van der Waals surface area (Å²) in [4.78, 5) is 8.90. The number of rotatable bonds is 14. The predicted octanol–water partition coefficient (Wildman–Crippen LogP) is 6.71. The molecular weight excluding hydrogens is 343 g/mol. The summed E-state index contributed by atoms with van der Waals surface area (Å²) in [6.07, 6.45) is 11.6. The van der Waals surface area contributed by atoms with E-state index in [2.05, 4.69) is 33.0 Å². The largest absolute Gasteiger partial charge is 0.490 e. The summed E-state index contributed by atoms with van der Waals surface area (Å²) in [5.74, 6) is -2.76. The van der Waals surface area contributed by atoms with Crippen LogP contribution in [0.3, 0.4) is 0 Å². The molecule has 2 atom stereocenters. The Kier molecular flexibility index (Phi) is 18.6. The highest BCUT2D eigenvalue weighted by atomic mass is 19.4. The third-order valence-corrected chi connectivity index (χ3v) is 4.29. The molecule has 6 heteroatoms. The van der Waals surface area contributed by atoms with E-state index in [4.69, 9.17) is 9.90 Å². The molecule has 26 heavy (non-hydrogen) atoms. The lowest BCUT2D eigenvalue weighted by molar-refractivity contribution is -0.192. The van der Waals surface area contributed by atoms with Crippen molar-refractivity contribution in [3.05, 3.63) is 0 Å². The number of alkyl halides is 3. The number of carboxylic acid groups (broad SMARTS) is 1. The molecule has 0 amide bonds. The number of carboxylic acids is 1. The molecule has 0 aromatic heterocycles. The Morgan fingerprint density at radius 3 is 1.38 bits per heavy atom. The van der Waals surface area contributed by atoms with Crippen molar-refractivity contribution in [1.29, 1.82) is 0 Å². The van der Waals surface area contributed by atoms with E-state index in [-0.39, 0.29) is 0 Å². The van der Waals surface area contributed by atoms with Crippen LogP contribution < -0.4 is 5.32 Å². The molecule has 0 radical (unpaired) electrons. The van der Waals surface area contributed by atoms with Gasteiger partial charge in [-0.05, 0) is 26.7 Å². The number of carbonyl (C=O) groups is 1. The first-order valence-electron chi connectivity index (χ1n) is 10.2. The normalized spacial score (nSPS) is 13.7. The highest BCUT2D eigenvalue weighted by molar-refractivity contribution is 5.73. The molecule has 0 aliphatic heterocycles. The Morgan fingerprint density at radius 1 is 0.808 bits per heavy atom. The minimum Gasteiger partial charge on any atom is -0.475 e. The number of unbranched alkanes of at least 4 members (excludes halogenated alkanes) is 8. The molecule has 0 aliphatic carbocycles. The molecule has 158 valence electrons. The Bertz CT molecular complexity index is 305. The standard InChI is InChI=1S/C18H39N.C2HF3O2/c1-5-7-9-11-13-15-17(3)19-18(4)16-14-12-10-8-6-2;3-2(4,5)1(6)7/h17-19H,5-16H2,1-4H3;(H,6,7). The van der Waals surface area contributed by atoms with Gasteiger partial charge in [0.25, 0.3) is 0 Å². The fourth-order valence-electron chi connectivity index (χ4n) is 2.76. The second-order valence-corrected chi connectivity index (χ2v) is 7.18. The summed E-state index contributed by atoms with van der Waals surface area (Å²) >= 11 is 0. The van der Waals surface area contributed by atoms with Gasteiger partial charge in [0.1, 0.15) is 0 Å². The monoisotopic (exact) mass is 383 g/mol. The van der Waals surface area contributed by atoms with Gasteiger partial charge in [0.05, 0.1) is 0 Å². The summed E-state index contributed by atoms with van der Waals surface area (Å²) in [7, 11) is 0. The van der Waals surface area contributed by atoms with Crippen LogP contribution in [0.2, 0.25) is 0 Å². The Hall–Kier alpha value is -0.780. The van der Waals surface area contributed by atoms with Gasteiger partial charge in [0.2, 0.25) is 0 Å². The molecule has 0 saturated carbocycles. The maximum atomic E-state index is 10.6. The molecule has 0 aromatic carbocycles. The lowest BCUT2D eigenvalue weighted by atomic mass is 10.0. The maximum absolute atomic E-state index is 10.6. The minimum absolute atomic E-state index is 0.701. The predicted molar refractivity (Wildman–Crippen MR) is 103 cm³/mol. The topological polar surface area (TPSA) is 49.3 Å². The van der Waals surface area contributed by atoms with Crippen LogP contribution in [-0.2, 0) is 4.79 Å². The summed E-state index contributed by atoms with van der Waals surface area (Å²) in [5, 5.41) is 10.9. The Labute approximate surface area is 158 Å². The third-order valence-electron chi connectivity index (χ3n) is 4.29. The van der Waals surface area contributed by atoms with Gasteiger partial charge in [-0.2, -0.15) is 13.2 Å². The lowest BCUT2D eigenvalue weighted by Crippen LogP contribution is -2.34. The van der Waals surface area contributed by atoms with Crippen LogP contribution in [-0.4, -0.2) is 29.3 Å². The van der Waals surface area contributed by atoms with E-state index >= 15 is 0 Å². The van der Waals surface area contributed by atoms with Crippen LogP contribution in [0.15, 0.2) is 0 Å². The summed E-state index contributed by atoms with van der Waals surface area (Å²) < 4.78 is 31.7. The van der Waals surface area contributed by atoms with E-state index in [0.717, 1.165) is 0 Å². The summed E-state index contributed by atoms with van der Waals surface area (Å²) in [6.45, 7) is 9.28. The van der Waals surface area contributed by atoms with Crippen LogP contribution in [0.25, 0.3) is 0 Å². The number of nitrogens with one attached hydrogen (secondary N) is 1.